The number of ether oxygens (including phenoxy) is 8. The predicted octanol–water partition coefficient (Wildman–Crippen LogP) is 5.68. The maximum atomic E-state index is 15.3. The number of amidine groups is 4. The summed E-state index contributed by atoms with van der Waals surface area (Å²) < 4.78 is 103. The lowest BCUT2D eigenvalue weighted by Crippen LogP contribution is -2.49. The molecule has 0 bridgehead atoms. The number of azide groups is 4. The first kappa shape index (κ1) is 92.0. The number of alkyl halides is 4. The molecule has 4 fully saturated rings. The Balaban J connectivity index is 0.000000267. The average Bonchev–Trinajstić information content (AvgIpc) is 1.64. The Kier molecular flexibility index (Phi) is 34.7. The summed E-state index contributed by atoms with van der Waals surface area (Å²) in [5.74, 6) is -2.44. The minimum atomic E-state index is -2.17. The van der Waals surface area contributed by atoms with Crippen LogP contribution in [0.3, 0.4) is 0 Å². The van der Waals surface area contributed by atoms with E-state index >= 15 is 8.78 Å². The fourth-order valence-corrected chi connectivity index (χ4v) is 11.5. The van der Waals surface area contributed by atoms with Gasteiger partial charge in [-0.2, -0.15) is 0 Å². The molecule has 8 aliphatic heterocycles. The van der Waals surface area contributed by atoms with Crippen LogP contribution in [0.15, 0.2) is 139 Å². The van der Waals surface area contributed by atoms with Gasteiger partial charge >= 0.3 is 23.9 Å². The van der Waals surface area contributed by atoms with E-state index in [2.05, 4.69) is 100 Å². The minimum absolute atomic E-state index is 0.0567. The third-order valence-corrected chi connectivity index (χ3v) is 18.0. The topological polar surface area (TPSA) is 637 Å². The van der Waals surface area contributed by atoms with Gasteiger partial charge in [-0.1, -0.05) is 140 Å². The molecule has 8 aliphatic rings. The molecule has 0 radical (unpaired) electrons. The molecule has 0 aromatic carbocycles. The van der Waals surface area contributed by atoms with Gasteiger partial charge in [-0.15, -0.1) is 0 Å². The zero-order chi connectivity index (χ0) is 83.6. The largest absolute Gasteiger partial charge is 0.462 e. The van der Waals surface area contributed by atoms with Crippen molar-refractivity contribution in [3.63, 3.8) is 0 Å². The lowest BCUT2D eigenvalue weighted by atomic mass is 10.0. The molecule has 8 rings (SSSR count). The minimum Gasteiger partial charge on any atom is -0.462 e. The molecule has 0 aliphatic carbocycles. The fraction of sp³-hybridized carbons (Fsp3) is 0.636. The molecule has 16 N–H and O–H groups in total. The monoisotopic (exact) mass is 1590 g/mol. The van der Waals surface area contributed by atoms with Gasteiger partial charge in [0.05, 0.1) is 13.2 Å². The molecule has 112 heavy (non-hydrogen) atoms. The molecule has 616 valence electrons. The van der Waals surface area contributed by atoms with Gasteiger partial charge in [0.15, 0.2) is 61.8 Å². The zero-order valence-electron chi connectivity index (χ0n) is 62.6. The number of esters is 4. The van der Waals surface area contributed by atoms with Gasteiger partial charge in [0.25, 0.3) is 0 Å². The smallest absolute Gasteiger partial charge is 0.323 e. The van der Waals surface area contributed by atoms with E-state index in [1.807, 2.05) is 0 Å². The Bertz CT molecular complexity index is 3810. The van der Waals surface area contributed by atoms with E-state index in [9.17, 15) is 48.4 Å². The van der Waals surface area contributed by atoms with Gasteiger partial charge in [0.1, 0.15) is 84.1 Å². The highest BCUT2D eigenvalue weighted by Crippen LogP contribution is 2.44. The van der Waals surface area contributed by atoms with E-state index in [0.29, 0.717) is 12.8 Å². The molecule has 0 amide bonds. The normalized spacial score (nSPS) is 30.1. The van der Waals surface area contributed by atoms with Crippen LogP contribution in [-0.4, -0.2) is 223 Å². The Morgan fingerprint density at radius 2 is 0.786 bits per heavy atom. The number of halogens is 4. The number of carbonyl (C=O) groups is 4. The zero-order valence-corrected chi connectivity index (χ0v) is 62.6. The first-order chi connectivity index (χ1) is 53.0. The standard InChI is InChI=1S/2C18H27FN6O4.2C15H22FN7O4/c1-3-4-5-6-7-8-14(26)28-11-18(23-24-21)16(27)15(19)17(29-18)25-10-9-13(20)22-12(25)2;1-3-4-5-6-7-8-14(27)28-16-15(19)17(29-18(16,11-26)23-24-21)25-10-9-13(20)22-12(25)2;1-7(2)11(18)14(25)26-6-15(21-22-19)12(24)10(16)13(27-15)23-5-4-9(17)20-8(23)3;1-7(2)11(18)14(25)26-12-10(16)13(27-15(12,6-24)21-22-19)23-5-4-9(17)20-8(23)3/h9-10,15-17,27H,2-8,11H2,1H3,(H2,20,22);9-10,15-17,26H,2-8,11H2,1H3,(H2,20,22);2*4-5,7,10-13,24H,3,6,18H2,1-2H3,(H2,17,20)/t2*15-,16+,17-,18-;2*10-,11?,12+,13-,15-/m1111/s1. The Labute approximate surface area is 641 Å². The van der Waals surface area contributed by atoms with Crippen LogP contribution in [0.1, 0.15) is 119 Å². The number of nitrogens with two attached hydrogens (primary N) is 6. The lowest BCUT2D eigenvalue weighted by Gasteiger charge is -2.31. The molecule has 4 saturated heterocycles. The number of aliphatic imine (C=N–C) groups is 4. The van der Waals surface area contributed by atoms with E-state index in [-0.39, 0.29) is 71.3 Å². The summed E-state index contributed by atoms with van der Waals surface area (Å²) in [5.41, 5.74) is 60.6. The van der Waals surface area contributed by atoms with E-state index in [0.717, 1.165) is 51.4 Å². The summed E-state index contributed by atoms with van der Waals surface area (Å²) >= 11 is 0. The molecule has 0 spiro atoms. The summed E-state index contributed by atoms with van der Waals surface area (Å²) in [6, 6.07) is -1.97. The van der Waals surface area contributed by atoms with Crippen molar-refractivity contribution >= 4 is 47.2 Å². The van der Waals surface area contributed by atoms with E-state index < -0.39 is 159 Å². The van der Waals surface area contributed by atoms with Crippen molar-refractivity contribution in [2.75, 3.05) is 26.4 Å². The van der Waals surface area contributed by atoms with Gasteiger partial charge in [0, 0.05) is 57.3 Å². The highest BCUT2D eigenvalue weighted by Gasteiger charge is 2.63. The number of hydrogen-bond acceptors (Lipinski definition) is 34. The summed E-state index contributed by atoms with van der Waals surface area (Å²) in [6.07, 6.45) is 0.0253. The van der Waals surface area contributed by atoms with Gasteiger partial charge in [0.2, 0.25) is 22.9 Å². The van der Waals surface area contributed by atoms with Crippen LogP contribution in [0.5, 0.6) is 0 Å². The van der Waals surface area contributed by atoms with Gasteiger partial charge in [-0.05, 0) is 71.1 Å². The number of hydrogen-bond donors (Lipinski definition) is 10. The van der Waals surface area contributed by atoms with Crippen LogP contribution in [-0.2, 0) is 57.1 Å². The van der Waals surface area contributed by atoms with Crippen LogP contribution in [0, 0.1) is 11.8 Å². The highest BCUT2D eigenvalue weighted by atomic mass is 19.1. The third kappa shape index (κ3) is 22.8. The van der Waals surface area contributed by atoms with E-state index in [4.69, 9.17) is 94.4 Å². The highest BCUT2D eigenvalue weighted by molar-refractivity contribution is 5.94. The molecule has 42 nitrogen and oxygen atoms in total. The number of aliphatic hydroxyl groups excluding tert-OH is 4. The van der Waals surface area contributed by atoms with Gasteiger partial charge in [-0.3, -0.25) is 19.2 Å². The maximum Gasteiger partial charge on any atom is 0.323 e. The molecule has 8 heterocycles. The molecule has 46 heteroatoms. The molecule has 0 aromatic rings. The first-order valence-corrected chi connectivity index (χ1v) is 35.3. The van der Waals surface area contributed by atoms with Crippen LogP contribution in [0.4, 0.5) is 17.6 Å². The van der Waals surface area contributed by atoms with Crippen LogP contribution in [0.2, 0.25) is 0 Å². The summed E-state index contributed by atoms with van der Waals surface area (Å²) in [6.45, 7) is 22.5. The summed E-state index contributed by atoms with van der Waals surface area (Å²) in [5, 5.41) is 53.7. The van der Waals surface area contributed by atoms with Gasteiger partial charge < -0.3 is 112 Å². The second kappa shape index (κ2) is 42.2. The van der Waals surface area contributed by atoms with E-state index in [1.54, 1.807) is 27.7 Å². The number of carbonyl (C=O) groups excluding carboxylic acids is 4. The molecular weight excluding hydrogens is 1490 g/mol. The Morgan fingerprint density at radius 1 is 0.491 bits per heavy atom. The van der Waals surface area contributed by atoms with Crippen molar-refractivity contribution in [3.8, 4) is 0 Å². The maximum absolute atomic E-state index is 15.3. The van der Waals surface area contributed by atoms with Crippen molar-refractivity contribution in [1.82, 2.24) is 19.6 Å². The van der Waals surface area contributed by atoms with Crippen LogP contribution in [0.25, 0.3) is 41.8 Å². The number of unbranched alkanes of at least 4 members (excludes halogenated alkanes) is 8. The van der Waals surface area contributed by atoms with Crippen molar-refractivity contribution in [2.24, 2.45) is 86.7 Å². The van der Waals surface area contributed by atoms with Crippen molar-refractivity contribution in [3.05, 3.63) is 140 Å². The molecule has 0 aromatic heterocycles. The van der Waals surface area contributed by atoms with Crippen LogP contribution >= 0.6 is 0 Å². The number of aliphatic hydroxyl groups is 4. The number of rotatable bonds is 32. The van der Waals surface area contributed by atoms with Crippen molar-refractivity contribution in [1.29, 1.82) is 0 Å². The fourth-order valence-electron chi connectivity index (χ4n) is 11.5. The lowest BCUT2D eigenvalue weighted by molar-refractivity contribution is -0.170. The Morgan fingerprint density at radius 3 is 1.11 bits per heavy atom. The second-order valence-electron chi connectivity index (χ2n) is 26.8. The Hall–Kier alpha value is -10.6. The summed E-state index contributed by atoms with van der Waals surface area (Å²) in [7, 11) is 0. The average molecular weight is 1590 g/mol. The van der Waals surface area contributed by atoms with Crippen molar-refractivity contribution < 1.29 is 95.1 Å². The van der Waals surface area contributed by atoms with Crippen LogP contribution < -0.4 is 34.4 Å². The predicted molar refractivity (Wildman–Crippen MR) is 394 cm³/mol. The SMILES string of the molecule is C=C1N=C(N)C=CN1[C@@H]1O[C@@](CO)(N=[N+]=[N-])[C@@H](OC(=O)C(N)C(C)C)[C@H]1F.C=C1N=C(N)C=CN1[C@@H]1O[C@@](CO)(N=[N+]=[N-])[C@@H](OC(=O)CCCCCCC)[C@H]1F.C=C1N=C(N)C=CN1[C@@H]1O[C@@](COC(=O)C(N)C(C)C)(N=[N+]=[N-])[C@@H](O)[C@H]1F.C=C1N=C(N)C=CN1[C@@H]1O[C@@](COC(=O)CCCCCCC)(N=[N+]=[N-])[C@@H](O)[C@H]1F. The molecule has 0 saturated carbocycles. The molecule has 2 unspecified atom stereocenters. The van der Waals surface area contributed by atoms with E-state index in [1.165, 1.54) is 68.7 Å². The summed E-state index contributed by atoms with van der Waals surface area (Å²) in [4.78, 5) is 79.3. The quantitative estimate of drug-likeness (QED) is 0.00736. The van der Waals surface area contributed by atoms with Gasteiger partial charge in [-0.25, -0.2) is 37.5 Å². The second-order valence-corrected chi connectivity index (χ2v) is 26.8. The number of nitrogens with zero attached hydrogens (tertiary/aromatic N) is 20. The third-order valence-electron chi connectivity index (χ3n) is 18.0. The molecule has 18 atom stereocenters. The first-order valence-electron chi connectivity index (χ1n) is 35.3. The molecular formula is C66H98F4N26O16. The van der Waals surface area contributed by atoms with Crippen molar-refractivity contribution in [2.45, 2.75) is 228 Å².